The molecule has 4 heteroatoms. The summed E-state index contributed by atoms with van der Waals surface area (Å²) in [5, 5.41) is 0. The normalized spacial score (nSPS) is 5.67. The molecule has 0 aliphatic rings. The second-order valence-corrected chi connectivity index (χ2v) is 1.01. The van der Waals surface area contributed by atoms with Gasteiger partial charge in [0.2, 0.25) is 0 Å². The number of rotatable bonds is 0. The molecule has 0 atom stereocenters. The van der Waals surface area contributed by atoms with Gasteiger partial charge in [-0.1, -0.05) is 0 Å². The third kappa shape index (κ3) is 8.96. The van der Waals surface area contributed by atoms with E-state index >= 15 is 0 Å². The first kappa shape index (κ1) is 10.2. The van der Waals surface area contributed by atoms with Crippen LogP contribution < -0.4 is 0 Å². The Labute approximate surface area is 72.6 Å². The Morgan fingerprint density at radius 2 is 2.00 bits per heavy atom. The Hall–Kier alpha value is 1.20. The minimum absolute atomic E-state index is 0. The Kier molecular flexibility index (Phi) is 10.6. The van der Waals surface area contributed by atoms with Crippen LogP contribution in [-0.2, 0) is 7.86 Å². The number of hydrogen-bond acceptors (Lipinski definition) is 2. The summed E-state index contributed by atoms with van der Waals surface area (Å²) in [6.07, 6.45) is 0. The van der Waals surface area contributed by atoms with Crippen molar-refractivity contribution in [2.75, 3.05) is 0 Å². The van der Waals surface area contributed by atoms with Crippen LogP contribution in [0.25, 0.3) is 0 Å². The molecule has 0 aliphatic carbocycles. The van der Waals surface area contributed by atoms with Crippen molar-refractivity contribution < 1.29 is 7.86 Å². The van der Waals surface area contributed by atoms with Gasteiger partial charge in [-0.25, -0.2) is 0 Å². The molecule has 0 heterocycles. The monoisotopic (exact) mass is 210 g/mol. The molecule has 6 heavy (non-hydrogen) atoms. The van der Waals surface area contributed by atoms with Gasteiger partial charge in [-0.05, 0) is 0 Å². The van der Waals surface area contributed by atoms with E-state index in [0.29, 0.717) is 0 Å². The second kappa shape index (κ2) is 6.20. The Morgan fingerprint density at radius 1 is 1.83 bits per heavy atom. The molecule has 0 saturated heterocycles. The molecule has 0 bridgehead atoms. The summed E-state index contributed by atoms with van der Waals surface area (Å²) in [5.74, 6) is -0.259. The molecule has 0 fully saturated rings. The van der Waals surface area contributed by atoms with Gasteiger partial charge in [0.1, 0.15) is 0 Å². The second-order valence-electron chi connectivity index (χ2n) is 0.569. The quantitative estimate of drug-likeness (QED) is 0.423. The molecule has 0 spiro atoms. The van der Waals surface area contributed by atoms with Crippen molar-refractivity contribution in [2.24, 2.45) is 0 Å². The summed E-state index contributed by atoms with van der Waals surface area (Å²) in [4.78, 5) is 9.58. The molecular weight excluding hydrogens is 206 g/mol. The van der Waals surface area contributed by atoms with Crippen LogP contribution in [-0.4, -0.2) is 35.5 Å². The summed E-state index contributed by atoms with van der Waals surface area (Å²) in [6.45, 7) is 1.35. The molecule has 0 radical (unpaired) electrons. The zero-order valence-corrected chi connectivity index (χ0v) is 4.85. The summed E-state index contributed by atoms with van der Waals surface area (Å²) in [5.41, 5.74) is 0. The van der Waals surface area contributed by atoms with E-state index in [9.17, 15) is 4.79 Å². The summed E-state index contributed by atoms with van der Waals surface area (Å²) >= 11 is 1.53. The van der Waals surface area contributed by atoms with Gasteiger partial charge in [0.05, 0.1) is 0 Å². The number of halogens is 1. The zero-order valence-electron chi connectivity index (χ0n) is 2.69. The van der Waals surface area contributed by atoms with Crippen molar-refractivity contribution in [1.29, 1.82) is 0 Å². The van der Waals surface area contributed by atoms with Crippen LogP contribution in [0.15, 0.2) is 0 Å². The standard InChI is InChI=1S/C2H3IO2.Na.H/c1-2(4)5-3;;/h1H3;;. The van der Waals surface area contributed by atoms with E-state index in [1.54, 1.807) is 0 Å². The van der Waals surface area contributed by atoms with E-state index in [0.717, 1.165) is 0 Å². The Bertz CT molecular complexity index is 46.8. The summed E-state index contributed by atoms with van der Waals surface area (Å²) in [6, 6.07) is 0. The number of carbonyl (C=O) groups is 1. The summed E-state index contributed by atoms with van der Waals surface area (Å²) in [7, 11) is 0. The average molecular weight is 210 g/mol. The van der Waals surface area contributed by atoms with E-state index in [1.807, 2.05) is 0 Å². The average Bonchev–Trinajstić information content (AvgIpc) is 1.38. The third-order valence-corrected chi connectivity index (χ3v) is 0.729. The third-order valence-electron chi connectivity index (χ3n) is 0.109. The van der Waals surface area contributed by atoms with Crippen LogP contribution in [0.2, 0.25) is 0 Å². The Morgan fingerprint density at radius 3 is 2.00 bits per heavy atom. The first-order chi connectivity index (χ1) is 2.27. The predicted molar refractivity (Wildman–Crippen MR) is 32.9 cm³/mol. The van der Waals surface area contributed by atoms with Gasteiger partial charge in [0.15, 0.2) is 23.0 Å². The van der Waals surface area contributed by atoms with E-state index in [1.165, 1.54) is 29.9 Å². The Balaban J connectivity index is 0. The molecule has 0 rings (SSSR count). The topological polar surface area (TPSA) is 26.3 Å². The maximum absolute atomic E-state index is 9.58. The first-order valence-corrected chi connectivity index (χ1v) is 1.94. The molecule has 0 aromatic rings. The molecule has 0 aromatic carbocycles. The van der Waals surface area contributed by atoms with Crippen molar-refractivity contribution in [3.8, 4) is 0 Å². The van der Waals surface area contributed by atoms with E-state index < -0.39 is 0 Å². The van der Waals surface area contributed by atoms with Crippen LogP contribution in [0.4, 0.5) is 0 Å². The van der Waals surface area contributed by atoms with Gasteiger partial charge in [-0.3, -0.25) is 4.79 Å². The van der Waals surface area contributed by atoms with E-state index in [4.69, 9.17) is 0 Å². The molecule has 2 nitrogen and oxygen atoms in total. The molecule has 0 unspecified atom stereocenters. The number of carbonyl (C=O) groups excluding carboxylic acids is 1. The van der Waals surface area contributed by atoms with Crippen molar-refractivity contribution in [3.05, 3.63) is 0 Å². The van der Waals surface area contributed by atoms with Crippen LogP contribution in [0.1, 0.15) is 6.92 Å². The van der Waals surface area contributed by atoms with Crippen LogP contribution in [0.3, 0.4) is 0 Å². The molecule has 32 valence electrons. The van der Waals surface area contributed by atoms with Gasteiger partial charge >= 0.3 is 35.5 Å². The van der Waals surface area contributed by atoms with E-state index in [2.05, 4.69) is 3.07 Å². The SMILES string of the molecule is CC(=O)OI.[NaH]. The van der Waals surface area contributed by atoms with Crippen LogP contribution in [0, 0.1) is 0 Å². The number of hydrogen-bond donors (Lipinski definition) is 0. The maximum atomic E-state index is 9.58. The first-order valence-electron chi connectivity index (χ1n) is 1.06. The predicted octanol–water partition coefficient (Wildman–Crippen LogP) is 0.251. The molecule has 0 aliphatic heterocycles. The van der Waals surface area contributed by atoms with Gasteiger partial charge in [-0.2, -0.15) is 0 Å². The fraction of sp³-hybridized carbons (Fsp3) is 0.500. The fourth-order valence-electron chi connectivity index (χ4n) is 0. The van der Waals surface area contributed by atoms with E-state index in [-0.39, 0.29) is 35.5 Å². The van der Waals surface area contributed by atoms with Crippen molar-refractivity contribution in [1.82, 2.24) is 0 Å². The molecular formula is C2H4INaO2. The van der Waals surface area contributed by atoms with Crippen molar-refractivity contribution in [2.45, 2.75) is 6.92 Å². The van der Waals surface area contributed by atoms with Gasteiger partial charge in [0, 0.05) is 6.92 Å². The molecule has 0 aromatic heterocycles. The zero-order chi connectivity index (χ0) is 4.28. The molecule has 0 N–H and O–H groups in total. The van der Waals surface area contributed by atoms with Gasteiger partial charge in [0.25, 0.3) is 0 Å². The van der Waals surface area contributed by atoms with Crippen molar-refractivity contribution >= 4 is 58.5 Å². The van der Waals surface area contributed by atoms with Gasteiger partial charge < -0.3 is 3.07 Å². The molecule has 0 saturated carbocycles. The minimum atomic E-state index is -0.259. The van der Waals surface area contributed by atoms with Crippen LogP contribution >= 0.6 is 23.0 Å². The molecule has 0 amide bonds. The van der Waals surface area contributed by atoms with Gasteiger partial charge in [-0.15, -0.1) is 0 Å². The summed E-state index contributed by atoms with van der Waals surface area (Å²) < 4.78 is 4.08. The fourth-order valence-corrected chi connectivity index (χ4v) is 0. The van der Waals surface area contributed by atoms with Crippen molar-refractivity contribution in [3.63, 3.8) is 0 Å². The van der Waals surface area contributed by atoms with Crippen LogP contribution in [0.5, 0.6) is 0 Å².